The maximum Gasteiger partial charge on any atom is 0.126 e. The van der Waals surface area contributed by atoms with Gasteiger partial charge in [0.25, 0.3) is 0 Å². The van der Waals surface area contributed by atoms with Gasteiger partial charge in [0.1, 0.15) is 5.82 Å². The molecule has 2 aromatic carbocycles. The zero-order chi connectivity index (χ0) is 14.4. The van der Waals surface area contributed by atoms with Crippen LogP contribution in [-0.4, -0.2) is 13.1 Å². The van der Waals surface area contributed by atoms with E-state index in [1.54, 1.807) is 6.07 Å². The molecule has 0 radical (unpaired) electrons. The fourth-order valence-electron chi connectivity index (χ4n) is 2.58. The molecule has 0 spiro atoms. The second kappa shape index (κ2) is 7.20. The van der Waals surface area contributed by atoms with Gasteiger partial charge in [-0.2, -0.15) is 0 Å². The van der Waals surface area contributed by atoms with E-state index in [1.807, 2.05) is 18.2 Å². The lowest BCUT2D eigenvalue weighted by Crippen LogP contribution is -2.23. The third-order valence-electron chi connectivity index (χ3n) is 3.69. The number of rotatable bonds is 6. The molecule has 0 heterocycles. The summed E-state index contributed by atoms with van der Waals surface area (Å²) in [4.78, 5) is 0. The zero-order valence-electron chi connectivity index (χ0n) is 12.2. The smallest absolute Gasteiger partial charge is 0.126 e. The number of hydrogen-bond donors (Lipinski definition) is 1. The van der Waals surface area contributed by atoms with Crippen molar-refractivity contribution in [2.24, 2.45) is 0 Å². The molecule has 0 amide bonds. The van der Waals surface area contributed by atoms with Gasteiger partial charge in [-0.05, 0) is 42.6 Å². The number of benzene rings is 2. The molecule has 0 aromatic heterocycles. The van der Waals surface area contributed by atoms with Crippen molar-refractivity contribution in [2.45, 2.75) is 26.2 Å². The first-order valence-corrected chi connectivity index (χ1v) is 7.22. The van der Waals surface area contributed by atoms with Crippen LogP contribution in [0.4, 0.5) is 4.39 Å². The van der Waals surface area contributed by atoms with E-state index in [4.69, 9.17) is 0 Å². The van der Waals surface area contributed by atoms with E-state index in [9.17, 15) is 4.39 Å². The molecular formula is C18H22FN. The fourth-order valence-corrected chi connectivity index (χ4v) is 2.58. The second-order valence-corrected chi connectivity index (χ2v) is 5.16. The Morgan fingerprint density at radius 2 is 1.75 bits per heavy atom. The normalized spacial score (nSPS) is 12.3. The highest BCUT2D eigenvalue weighted by molar-refractivity contribution is 5.31. The Balaban J connectivity index is 2.24. The average Bonchev–Trinajstić information content (AvgIpc) is 2.46. The number of nitrogens with one attached hydrogen (secondary N) is 1. The van der Waals surface area contributed by atoms with Gasteiger partial charge in [0, 0.05) is 12.5 Å². The fraction of sp³-hybridized carbons (Fsp3) is 0.333. The highest BCUT2D eigenvalue weighted by Crippen LogP contribution is 2.24. The van der Waals surface area contributed by atoms with Crippen LogP contribution in [0.1, 0.15) is 29.5 Å². The summed E-state index contributed by atoms with van der Waals surface area (Å²) < 4.78 is 13.9. The van der Waals surface area contributed by atoms with Gasteiger partial charge in [-0.25, -0.2) is 4.39 Å². The third-order valence-corrected chi connectivity index (χ3v) is 3.69. The largest absolute Gasteiger partial charge is 0.316 e. The predicted molar refractivity (Wildman–Crippen MR) is 82.6 cm³/mol. The minimum Gasteiger partial charge on any atom is -0.316 e. The van der Waals surface area contributed by atoms with Crippen LogP contribution in [-0.2, 0) is 6.42 Å². The molecule has 0 fully saturated rings. The SMILES string of the molecule is CCNCC(Cc1ccccc1F)c1ccccc1C. The van der Waals surface area contributed by atoms with Crippen molar-refractivity contribution in [3.05, 3.63) is 71.0 Å². The molecule has 2 aromatic rings. The van der Waals surface area contributed by atoms with E-state index in [-0.39, 0.29) is 5.82 Å². The van der Waals surface area contributed by atoms with Crippen LogP contribution in [0.5, 0.6) is 0 Å². The molecular weight excluding hydrogens is 249 g/mol. The summed E-state index contributed by atoms with van der Waals surface area (Å²) in [5, 5.41) is 3.39. The Hall–Kier alpha value is -1.67. The van der Waals surface area contributed by atoms with Crippen LogP contribution >= 0.6 is 0 Å². The van der Waals surface area contributed by atoms with Crippen LogP contribution < -0.4 is 5.32 Å². The lowest BCUT2D eigenvalue weighted by atomic mass is 9.89. The molecule has 1 N–H and O–H groups in total. The van der Waals surface area contributed by atoms with Crippen LogP contribution in [0.15, 0.2) is 48.5 Å². The molecule has 2 heteroatoms. The van der Waals surface area contributed by atoms with Crippen molar-refractivity contribution < 1.29 is 4.39 Å². The molecule has 0 aliphatic heterocycles. The monoisotopic (exact) mass is 271 g/mol. The van der Waals surface area contributed by atoms with Crippen molar-refractivity contribution in [3.8, 4) is 0 Å². The molecule has 1 atom stereocenters. The summed E-state index contributed by atoms with van der Waals surface area (Å²) in [7, 11) is 0. The lowest BCUT2D eigenvalue weighted by molar-refractivity contribution is 0.561. The van der Waals surface area contributed by atoms with Gasteiger partial charge in [0.15, 0.2) is 0 Å². The minimum atomic E-state index is -0.109. The number of hydrogen-bond acceptors (Lipinski definition) is 1. The lowest BCUT2D eigenvalue weighted by Gasteiger charge is -2.20. The molecule has 1 unspecified atom stereocenters. The molecule has 0 saturated carbocycles. The van der Waals surface area contributed by atoms with E-state index >= 15 is 0 Å². The Labute approximate surface area is 120 Å². The van der Waals surface area contributed by atoms with Gasteiger partial charge in [-0.3, -0.25) is 0 Å². The topological polar surface area (TPSA) is 12.0 Å². The van der Waals surface area contributed by atoms with Crippen LogP contribution in [0.3, 0.4) is 0 Å². The first-order chi connectivity index (χ1) is 9.72. The zero-order valence-corrected chi connectivity index (χ0v) is 12.2. The summed E-state index contributed by atoms with van der Waals surface area (Å²) in [6, 6.07) is 15.4. The summed E-state index contributed by atoms with van der Waals surface area (Å²) in [5.41, 5.74) is 3.36. The predicted octanol–water partition coefficient (Wildman–Crippen LogP) is 4.07. The van der Waals surface area contributed by atoms with Crippen LogP contribution in [0.2, 0.25) is 0 Å². The maximum absolute atomic E-state index is 13.9. The summed E-state index contributed by atoms with van der Waals surface area (Å²) in [5.74, 6) is 0.190. The molecule has 0 bridgehead atoms. The van der Waals surface area contributed by atoms with Crippen molar-refractivity contribution >= 4 is 0 Å². The van der Waals surface area contributed by atoms with E-state index in [2.05, 4.69) is 37.4 Å². The molecule has 0 saturated heterocycles. The molecule has 106 valence electrons. The minimum absolute atomic E-state index is 0.109. The van der Waals surface area contributed by atoms with Crippen molar-refractivity contribution in [3.63, 3.8) is 0 Å². The third kappa shape index (κ3) is 3.67. The maximum atomic E-state index is 13.9. The van der Waals surface area contributed by atoms with Gasteiger partial charge in [-0.15, -0.1) is 0 Å². The quantitative estimate of drug-likeness (QED) is 0.835. The number of aryl methyl sites for hydroxylation is 1. The van der Waals surface area contributed by atoms with Crippen molar-refractivity contribution in [1.29, 1.82) is 0 Å². The van der Waals surface area contributed by atoms with Gasteiger partial charge in [0.2, 0.25) is 0 Å². The van der Waals surface area contributed by atoms with Gasteiger partial charge in [-0.1, -0.05) is 49.4 Å². The average molecular weight is 271 g/mol. The van der Waals surface area contributed by atoms with Gasteiger partial charge >= 0.3 is 0 Å². The van der Waals surface area contributed by atoms with Crippen molar-refractivity contribution in [1.82, 2.24) is 5.32 Å². The molecule has 0 aliphatic rings. The van der Waals surface area contributed by atoms with E-state index in [1.165, 1.54) is 17.2 Å². The van der Waals surface area contributed by atoms with Crippen molar-refractivity contribution in [2.75, 3.05) is 13.1 Å². The Bertz CT molecular complexity index is 551. The van der Waals surface area contributed by atoms with E-state index < -0.39 is 0 Å². The molecule has 1 nitrogen and oxygen atoms in total. The summed E-state index contributed by atoms with van der Waals surface area (Å²) in [6.07, 6.45) is 0.727. The van der Waals surface area contributed by atoms with Crippen LogP contribution in [0.25, 0.3) is 0 Å². The second-order valence-electron chi connectivity index (χ2n) is 5.16. The van der Waals surface area contributed by atoms with Gasteiger partial charge < -0.3 is 5.32 Å². The molecule has 0 aliphatic carbocycles. The summed E-state index contributed by atoms with van der Waals surface area (Å²) >= 11 is 0. The number of likely N-dealkylation sites (N-methyl/N-ethyl adjacent to an activating group) is 1. The molecule has 20 heavy (non-hydrogen) atoms. The van der Waals surface area contributed by atoms with Gasteiger partial charge in [0.05, 0.1) is 0 Å². The van der Waals surface area contributed by atoms with Crippen LogP contribution in [0, 0.1) is 12.7 Å². The Kier molecular flexibility index (Phi) is 5.31. The summed E-state index contributed by atoms with van der Waals surface area (Å²) in [6.45, 7) is 6.02. The highest BCUT2D eigenvalue weighted by Gasteiger charge is 2.15. The Morgan fingerprint density at radius 3 is 2.45 bits per heavy atom. The van der Waals surface area contributed by atoms with E-state index in [0.29, 0.717) is 5.92 Å². The first kappa shape index (κ1) is 14.7. The standard InChI is InChI=1S/C18H22FN/c1-3-20-13-16(17-10-6-4-8-14(17)2)12-15-9-5-7-11-18(15)19/h4-11,16,20H,3,12-13H2,1-2H3. The molecule has 2 rings (SSSR count). The first-order valence-electron chi connectivity index (χ1n) is 7.22. The highest BCUT2D eigenvalue weighted by atomic mass is 19.1. The Morgan fingerprint density at radius 1 is 1.05 bits per heavy atom. The van der Waals surface area contributed by atoms with E-state index in [0.717, 1.165) is 25.1 Å². The number of halogens is 1.